The molecule has 134 valence electrons. The normalized spacial score (nSPS) is 13.2. The first kappa shape index (κ1) is 18.1. The summed E-state index contributed by atoms with van der Waals surface area (Å²) >= 11 is 1.41. The predicted molar refractivity (Wildman–Crippen MR) is 99.8 cm³/mol. The van der Waals surface area contributed by atoms with Crippen molar-refractivity contribution < 1.29 is 9.59 Å². The van der Waals surface area contributed by atoms with Crippen LogP contribution in [0.15, 0.2) is 24.3 Å². The lowest BCUT2D eigenvalue weighted by atomic mass is 10.1. The summed E-state index contributed by atoms with van der Waals surface area (Å²) in [6.07, 6.45) is 1.25. The van der Waals surface area contributed by atoms with Gasteiger partial charge in [0, 0.05) is 29.8 Å². The molecule has 0 unspecified atom stereocenters. The van der Waals surface area contributed by atoms with E-state index < -0.39 is 0 Å². The molecular formula is C19H20N4O2S. The van der Waals surface area contributed by atoms with Crippen molar-refractivity contribution in [1.29, 1.82) is 5.26 Å². The van der Waals surface area contributed by atoms with Gasteiger partial charge in [-0.3, -0.25) is 14.9 Å². The van der Waals surface area contributed by atoms with Crippen LogP contribution >= 0.6 is 11.3 Å². The van der Waals surface area contributed by atoms with Crippen molar-refractivity contribution in [2.24, 2.45) is 5.92 Å². The van der Waals surface area contributed by atoms with Crippen molar-refractivity contribution in [1.82, 2.24) is 9.88 Å². The van der Waals surface area contributed by atoms with Crippen LogP contribution in [0.5, 0.6) is 0 Å². The van der Waals surface area contributed by atoms with Gasteiger partial charge in [-0.05, 0) is 24.1 Å². The lowest BCUT2D eigenvalue weighted by molar-refractivity contribution is -0.132. The molecule has 0 fully saturated rings. The fraction of sp³-hybridized carbons (Fsp3) is 0.368. The Balaban J connectivity index is 1.69. The van der Waals surface area contributed by atoms with Gasteiger partial charge in [-0.15, -0.1) is 0 Å². The van der Waals surface area contributed by atoms with Gasteiger partial charge in [0.2, 0.25) is 5.91 Å². The van der Waals surface area contributed by atoms with E-state index in [0.717, 1.165) is 10.6 Å². The van der Waals surface area contributed by atoms with E-state index in [2.05, 4.69) is 10.3 Å². The number of nitriles is 1. The van der Waals surface area contributed by atoms with Crippen LogP contribution in [0.2, 0.25) is 0 Å². The minimum atomic E-state index is -0.291. The van der Waals surface area contributed by atoms with Gasteiger partial charge in [-0.2, -0.15) is 5.26 Å². The monoisotopic (exact) mass is 368 g/mol. The molecule has 0 atom stereocenters. The van der Waals surface area contributed by atoms with E-state index in [-0.39, 0.29) is 11.8 Å². The molecule has 0 saturated carbocycles. The molecule has 2 aromatic rings. The van der Waals surface area contributed by atoms with Crippen LogP contribution in [0.1, 0.15) is 46.8 Å². The summed E-state index contributed by atoms with van der Waals surface area (Å²) in [7, 11) is 0. The van der Waals surface area contributed by atoms with E-state index in [1.54, 1.807) is 24.3 Å². The highest BCUT2D eigenvalue weighted by Gasteiger charge is 2.25. The fourth-order valence-corrected chi connectivity index (χ4v) is 3.86. The summed E-state index contributed by atoms with van der Waals surface area (Å²) in [5, 5.41) is 12.3. The predicted octanol–water partition coefficient (Wildman–Crippen LogP) is 3.20. The Morgan fingerprint density at radius 1 is 1.42 bits per heavy atom. The number of carbonyl (C=O) groups is 2. The third-order valence-electron chi connectivity index (χ3n) is 4.14. The van der Waals surface area contributed by atoms with Gasteiger partial charge in [0.25, 0.3) is 5.91 Å². The van der Waals surface area contributed by atoms with Crippen molar-refractivity contribution in [2.75, 3.05) is 11.9 Å². The number of fused-ring (bicyclic) bond motifs is 1. The second-order valence-electron chi connectivity index (χ2n) is 6.70. The van der Waals surface area contributed by atoms with Crippen molar-refractivity contribution in [2.45, 2.75) is 33.2 Å². The number of nitrogens with zero attached hydrogens (tertiary/aromatic N) is 3. The van der Waals surface area contributed by atoms with E-state index in [1.165, 1.54) is 11.3 Å². The van der Waals surface area contributed by atoms with Crippen LogP contribution in [-0.2, 0) is 17.8 Å². The highest BCUT2D eigenvalue weighted by molar-refractivity contribution is 7.15. The van der Waals surface area contributed by atoms with Crippen molar-refractivity contribution in [3.05, 3.63) is 46.0 Å². The number of aromatic nitrogens is 1. The largest absolute Gasteiger partial charge is 0.337 e. The standard InChI is InChI=1S/C19H20N4O2S/c1-12(2)8-17(24)23-7-6-15-16(11-23)26-19(21-15)22-18(25)14-5-3-4-13(9-14)10-20/h3-5,9,12H,6-8,11H2,1-2H3,(H,21,22,25). The first-order valence-electron chi connectivity index (χ1n) is 8.54. The Morgan fingerprint density at radius 3 is 2.96 bits per heavy atom. The number of hydrogen-bond acceptors (Lipinski definition) is 5. The average molecular weight is 368 g/mol. The lowest BCUT2D eigenvalue weighted by Crippen LogP contribution is -2.36. The Kier molecular flexibility index (Phi) is 5.33. The molecular weight excluding hydrogens is 348 g/mol. The molecule has 1 aliphatic heterocycles. The molecule has 26 heavy (non-hydrogen) atoms. The first-order chi connectivity index (χ1) is 12.5. The fourth-order valence-electron chi connectivity index (χ4n) is 2.84. The smallest absolute Gasteiger partial charge is 0.257 e. The van der Waals surface area contributed by atoms with Crippen LogP contribution in [0.3, 0.4) is 0 Å². The molecule has 0 bridgehead atoms. The second-order valence-corrected chi connectivity index (χ2v) is 7.78. The minimum Gasteiger partial charge on any atom is -0.337 e. The van der Waals surface area contributed by atoms with Gasteiger partial charge in [0.15, 0.2) is 5.13 Å². The third-order valence-corrected chi connectivity index (χ3v) is 5.14. The van der Waals surface area contributed by atoms with Gasteiger partial charge in [-0.1, -0.05) is 31.3 Å². The maximum absolute atomic E-state index is 12.4. The summed E-state index contributed by atoms with van der Waals surface area (Å²) in [6.45, 7) is 5.29. The summed E-state index contributed by atoms with van der Waals surface area (Å²) in [5.41, 5.74) is 1.81. The van der Waals surface area contributed by atoms with Crippen molar-refractivity contribution in [3.63, 3.8) is 0 Å². The van der Waals surface area contributed by atoms with Gasteiger partial charge in [0.1, 0.15) is 0 Å². The molecule has 1 aliphatic rings. The Bertz CT molecular complexity index is 882. The number of benzene rings is 1. The molecule has 0 saturated heterocycles. The van der Waals surface area contributed by atoms with Crippen LogP contribution in [-0.4, -0.2) is 28.2 Å². The zero-order chi connectivity index (χ0) is 18.7. The first-order valence-corrected chi connectivity index (χ1v) is 9.35. The molecule has 2 amide bonds. The van der Waals surface area contributed by atoms with Crippen LogP contribution < -0.4 is 5.32 Å². The van der Waals surface area contributed by atoms with Crippen LogP contribution in [0.4, 0.5) is 5.13 Å². The molecule has 3 rings (SSSR count). The molecule has 7 heteroatoms. The quantitative estimate of drug-likeness (QED) is 0.898. The summed E-state index contributed by atoms with van der Waals surface area (Å²) in [5.74, 6) is 0.211. The number of nitrogens with one attached hydrogen (secondary N) is 1. The Hall–Kier alpha value is -2.72. The van der Waals surface area contributed by atoms with Crippen molar-refractivity contribution >= 4 is 28.3 Å². The van der Waals surface area contributed by atoms with E-state index in [9.17, 15) is 9.59 Å². The van der Waals surface area contributed by atoms with E-state index >= 15 is 0 Å². The molecule has 0 aliphatic carbocycles. The van der Waals surface area contributed by atoms with Crippen molar-refractivity contribution in [3.8, 4) is 6.07 Å². The zero-order valence-corrected chi connectivity index (χ0v) is 15.6. The van der Waals surface area contributed by atoms with E-state index in [4.69, 9.17) is 5.26 Å². The number of carbonyl (C=O) groups excluding carboxylic acids is 2. The highest BCUT2D eigenvalue weighted by Crippen LogP contribution is 2.29. The molecule has 1 N–H and O–H groups in total. The Morgan fingerprint density at radius 2 is 2.23 bits per heavy atom. The molecule has 0 radical (unpaired) electrons. The maximum atomic E-state index is 12.4. The molecule has 0 spiro atoms. The molecule has 1 aromatic carbocycles. The van der Waals surface area contributed by atoms with E-state index in [0.29, 0.717) is 48.1 Å². The van der Waals surface area contributed by atoms with Gasteiger partial charge < -0.3 is 4.90 Å². The van der Waals surface area contributed by atoms with Gasteiger partial charge in [-0.25, -0.2) is 4.98 Å². The lowest BCUT2D eigenvalue weighted by Gasteiger charge is -2.26. The summed E-state index contributed by atoms with van der Waals surface area (Å²) in [4.78, 5) is 32.0. The molecule has 2 heterocycles. The van der Waals surface area contributed by atoms with E-state index in [1.807, 2.05) is 24.8 Å². The summed E-state index contributed by atoms with van der Waals surface area (Å²) < 4.78 is 0. The third kappa shape index (κ3) is 4.09. The maximum Gasteiger partial charge on any atom is 0.257 e. The zero-order valence-electron chi connectivity index (χ0n) is 14.8. The minimum absolute atomic E-state index is 0.165. The SMILES string of the molecule is CC(C)CC(=O)N1CCc2nc(NC(=O)c3cccc(C#N)c3)sc2C1. The number of anilines is 1. The average Bonchev–Trinajstić information content (AvgIpc) is 3.02. The highest BCUT2D eigenvalue weighted by atomic mass is 32.1. The number of thiazole rings is 1. The summed E-state index contributed by atoms with van der Waals surface area (Å²) in [6, 6.07) is 8.57. The number of rotatable bonds is 4. The Labute approximate surface area is 156 Å². The van der Waals surface area contributed by atoms with Gasteiger partial charge >= 0.3 is 0 Å². The van der Waals surface area contributed by atoms with Crippen LogP contribution in [0, 0.1) is 17.2 Å². The second kappa shape index (κ2) is 7.67. The van der Waals surface area contributed by atoms with Gasteiger partial charge in [0.05, 0.1) is 23.9 Å². The molecule has 6 nitrogen and oxygen atoms in total. The van der Waals surface area contributed by atoms with Crippen LogP contribution in [0.25, 0.3) is 0 Å². The number of hydrogen-bond donors (Lipinski definition) is 1. The topological polar surface area (TPSA) is 86.1 Å². The number of amides is 2. The molecule has 1 aromatic heterocycles.